The first-order chi connectivity index (χ1) is 16.8. The van der Waals surface area contributed by atoms with Gasteiger partial charge < -0.3 is 23.8 Å². The van der Waals surface area contributed by atoms with Gasteiger partial charge in [-0.15, -0.1) is 0 Å². The lowest BCUT2D eigenvalue weighted by molar-refractivity contribution is -0.308. The predicted octanol–water partition coefficient (Wildman–Crippen LogP) is 5.41. The summed E-state index contributed by atoms with van der Waals surface area (Å²) in [7, 11) is 3.16. The number of hydrogen-bond acceptors (Lipinski definition) is 6. The molecule has 0 amide bonds. The second-order valence-electron chi connectivity index (χ2n) is 7.99. The molecule has 3 rings (SSSR count). The van der Waals surface area contributed by atoms with Crippen molar-refractivity contribution in [2.75, 3.05) is 20.8 Å². The van der Waals surface area contributed by atoms with Crippen LogP contribution in [0.3, 0.4) is 0 Å². The van der Waals surface area contributed by atoms with Crippen molar-refractivity contribution in [3.05, 3.63) is 70.8 Å². The van der Waals surface area contributed by atoms with Crippen molar-refractivity contribution in [3.8, 4) is 0 Å². The zero-order chi connectivity index (χ0) is 25.4. The lowest BCUT2D eigenvalue weighted by atomic mass is 9.99. The molecule has 6 nitrogen and oxygen atoms in total. The van der Waals surface area contributed by atoms with Crippen LogP contribution in [0.4, 0.5) is 13.2 Å². The number of halogens is 3. The maximum atomic E-state index is 12.7. The molecule has 1 aliphatic rings. The van der Waals surface area contributed by atoms with E-state index in [4.69, 9.17) is 23.8 Å². The standard InChI is InChI=1S/C26H30F3NO5/c1-5-33-23-22(31-3)17(2)34-25(24(23)32-4)35-30-16-20-10-8-18(9-11-20)6-7-19-12-14-21(15-13-19)26(27,28)29/h6-17,22-25H,5H2,1-4H3. The van der Waals surface area contributed by atoms with E-state index in [0.29, 0.717) is 12.2 Å². The fourth-order valence-corrected chi connectivity index (χ4v) is 3.83. The van der Waals surface area contributed by atoms with Gasteiger partial charge in [0.15, 0.2) is 6.10 Å². The van der Waals surface area contributed by atoms with E-state index in [9.17, 15) is 13.2 Å². The van der Waals surface area contributed by atoms with Crippen molar-refractivity contribution in [2.45, 2.75) is 50.7 Å². The van der Waals surface area contributed by atoms with Gasteiger partial charge in [0, 0.05) is 20.8 Å². The van der Waals surface area contributed by atoms with Crippen LogP contribution >= 0.6 is 0 Å². The highest BCUT2D eigenvalue weighted by Gasteiger charge is 2.47. The zero-order valence-electron chi connectivity index (χ0n) is 20.1. The van der Waals surface area contributed by atoms with Crippen molar-refractivity contribution < 1.29 is 37.0 Å². The number of methoxy groups -OCH3 is 2. The largest absolute Gasteiger partial charge is 0.416 e. The summed E-state index contributed by atoms with van der Waals surface area (Å²) in [6, 6.07) is 12.4. The molecule has 0 aliphatic carbocycles. The van der Waals surface area contributed by atoms with E-state index in [1.165, 1.54) is 12.1 Å². The smallest absolute Gasteiger partial charge is 0.376 e. The maximum absolute atomic E-state index is 12.7. The summed E-state index contributed by atoms with van der Waals surface area (Å²) in [4.78, 5) is 5.59. The Morgan fingerprint density at radius 2 is 1.40 bits per heavy atom. The van der Waals surface area contributed by atoms with Crippen LogP contribution in [0.2, 0.25) is 0 Å². The molecule has 0 N–H and O–H groups in total. The van der Waals surface area contributed by atoms with Crippen LogP contribution in [0.5, 0.6) is 0 Å². The van der Waals surface area contributed by atoms with Crippen molar-refractivity contribution in [2.24, 2.45) is 5.16 Å². The van der Waals surface area contributed by atoms with Crippen molar-refractivity contribution in [1.82, 2.24) is 0 Å². The Kier molecular flexibility index (Phi) is 9.45. The van der Waals surface area contributed by atoms with E-state index in [0.717, 1.165) is 23.3 Å². The van der Waals surface area contributed by atoms with Crippen LogP contribution in [-0.2, 0) is 30.0 Å². The highest BCUT2D eigenvalue weighted by Crippen LogP contribution is 2.30. The highest BCUT2D eigenvalue weighted by molar-refractivity contribution is 5.80. The second-order valence-corrected chi connectivity index (χ2v) is 7.99. The fourth-order valence-electron chi connectivity index (χ4n) is 3.83. The minimum Gasteiger partial charge on any atom is -0.376 e. The molecule has 190 valence electrons. The molecule has 0 radical (unpaired) electrons. The normalized spacial score (nSPS) is 25.4. The average molecular weight is 494 g/mol. The summed E-state index contributed by atoms with van der Waals surface area (Å²) in [6.07, 6.45) is -1.44. The third-order valence-electron chi connectivity index (χ3n) is 5.64. The Labute approximate surface area is 203 Å². The first kappa shape index (κ1) is 26.9. The molecule has 1 heterocycles. The average Bonchev–Trinajstić information content (AvgIpc) is 2.83. The van der Waals surface area contributed by atoms with Gasteiger partial charge in [-0.3, -0.25) is 0 Å². The van der Waals surface area contributed by atoms with E-state index in [-0.39, 0.29) is 18.3 Å². The predicted molar refractivity (Wildman–Crippen MR) is 127 cm³/mol. The molecule has 2 aromatic rings. The summed E-state index contributed by atoms with van der Waals surface area (Å²) in [5.41, 5.74) is 1.69. The molecule has 35 heavy (non-hydrogen) atoms. The molecule has 0 aromatic heterocycles. The second kappa shape index (κ2) is 12.3. The number of oxime groups is 1. The van der Waals surface area contributed by atoms with Gasteiger partial charge in [0.05, 0.1) is 17.9 Å². The third kappa shape index (κ3) is 7.14. The molecule has 2 aromatic carbocycles. The molecule has 5 atom stereocenters. The topological polar surface area (TPSA) is 58.5 Å². The number of rotatable bonds is 9. The summed E-state index contributed by atoms with van der Waals surface area (Å²) >= 11 is 0. The van der Waals surface area contributed by atoms with Crippen LogP contribution < -0.4 is 0 Å². The van der Waals surface area contributed by atoms with Crippen LogP contribution in [0.25, 0.3) is 12.2 Å². The van der Waals surface area contributed by atoms with Gasteiger partial charge in [-0.25, -0.2) is 0 Å². The van der Waals surface area contributed by atoms with Gasteiger partial charge in [-0.2, -0.15) is 13.2 Å². The van der Waals surface area contributed by atoms with E-state index in [2.05, 4.69) is 5.16 Å². The fraction of sp³-hybridized carbons (Fsp3) is 0.423. The number of nitrogens with zero attached hydrogens (tertiary/aromatic N) is 1. The van der Waals surface area contributed by atoms with Crippen LogP contribution in [0, 0.1) is 0 Å². The lowest BCUT2D eigenvalue weighted by Crippen LogP contribution is -2.59. The summed E-state index contributed by atoms with van der Waals surface area (Å²) in [5, 5.41) is 4.06. The zero-order valence-corrected chi connectivity index (χ0v) is 20.1. The minimum absolute atomic E-state index is 0.279. The summed E-state index contributed by atoms with van der Waals surface area (Å²) in [6.45, 7) is 4.27. The van der Waals surface area contributed by atoms with Crippen molar-refractivity contribution in [3.63, 3.8) is 0 Å². The monoisotopic (exact) mass is 493 g/mol. The quantitative estimate of drug-likeness (QED) is 0.266. The van der Waals surface area contributed by atoms with Crippen LogP contribution in [-0.4, -0.2) is 57.7 Å². The molecule has 9 heteroatoms. The maximum Gasteiger partial charge on any atom is 0.416 e. The number of alkyl halides is 3. The Morgan fingerprint density at radius 1 is 0.857 bits per heavy atom. The SMILES string of the molecule is CCOC1C(OC)C(C)OC(ON=Cc2ccc(C=Cc3ccc(C(F)(F)F)cc3)cc2)C1OC. The summed E-state index contributed by atoms with van der Waals surface area (Å²) < 4.78 is 60.8. The van der Waals surface area contributed by atoms with E-state index < -0.39 is 24.1 Å². The lowest BCUT2D eigenvalue weighted by Gasteiger charge is -2.42. The first-order valence-corrected chi connectivity index (χ1v) is 11.2. The Hall–Kier alpha value is -2.72. The Balaban J connectivity index is 1.59. The third-order valence-corrected chi connectivity index (χ3v) is 5.64. The van der Waals surface area contributed by atoms with Crippen molar-refractivity contribution >= 4 is 18.4 Å². The molecule has 0 bridgehead atoms. The van der Waals surface area contributed by atoms with Gasteiger partial charge in [0.25, 0.3) is 6.29 Å². The molecule has 5 unspecified atom stereocenters. The molecule has 0 saturated carbocycles. The number of hydrogen-bond donors (Lipinski definition) is 0. The van der Waals surface area contributed by atoms with Gasteiger partial charge in [0.1, 0.15) is 12.2 Å². The molecular weight excluding hydrogens is 463 g/mol. The number of benzene rings is 2. The van der Waals surface area contributed by atoms with Gasteiger partial charge in [0.2, 0.25) is 0 Å². The van der Waals surface area contributed by atoms with Crippen LogP contribution in [0.15, 0.2) is 53.7 Å². The first-order valence-electron chi connectivity index (χ1n) is 11.2. The molecule has 1 saturated heterocycles. The van der Waals surface area contributed by atoms with Gasteiger partial charge in [-0.1, -0.05) is 53.7 Å². The summed E-state index contributed by atoms with van der Waals surface area (Å²) in [5.74, 6) is 0. The molecule has 1 aliphatic heterocycles. The Morgan fingerprint density at radius 3 is 1.91 bits per heavy atom. The van der Waals surface area contributed by atoms with Crippen LogP contribution in [0.1, 0.15) is 36.1 Å². The van der Waals surface area contributed by atoms with E-state index in [1.807, 2.05) is 44.2 Å². The van der Waals surface area contributed by atoms with Crippen molar-refractivity contribution in [1.29, 1.82) is 0 Å². The van der Waals surface area contributed by atoms with E-state index >= 15 is 0 Å². The molecular formula is C26H30F3NO5. The molecule has 0 spiro atoms. The highest BCUT2D eigenvalue weighted by atomic mass is 19.4. The molecule has 1 fully saturated rings. The van der Waals surface area contributed by atoms with E-state index in [1.54, 1.807) is 26.5 Å². The van der Waals surface area contributed by atoms with Gasteiger partial charge in [-0.05, 0) is 42.7 Å². The Bertz CT molecular complexity index is 976. The van der Waals surface area contributed by atoms with Gasteiger partial charge >= 0.3 is 6.18 Å². The minimum atomic E-state index is -4.34. The number of ether oxygens (including phenoxy) is 4.